The van der Waals surface area contributed by atoms with E-state index in [2.05, 4.69) is 0 Å². The minimum absolute atomic E-state index is 0.0419. The number of rotatable bonds is 2. The van der Waals surface area contributed by atoms with Gasteiger partial charge in [0, 0.05) is 11.1 Å². The molecule has 1 nitrogen and oxygen atoms in total. The Bertz CT molecular complexity index is 629. The first-order chi connectivity index (χ1) is 8.63. The fourth-order valence-electron chi connectivity index (χ4n) is 1.69. The molecular formula is C14H8F3N. The molecule has 0 amide bonds. The predicted molar refractivity (Wildman–Crippen MR) is 61.1 cm³/mol. The fourth-order valence-corrected chi connectivity index (χ4v) is 1.69. The van der Waals surface area contributed by atoms with Crippen LogP contribution in [-0.4, -0.2) is 0 Å². The van der Waals surface area contributed by atoms with Gasteiger partial charge in [0.15, 0.2) is 11.6 Å². The lowest BCUT2D eigenvalue weighted by Gasteiger charge is -2.07. The van der Waals surface area contributed by atoms with Crippen molar-refractivity contribution in [2.24, 2.45) is 0 Å². The molecule has 0 aliphatic rings. The summed E-state index contributed by atoms with van der Waals surface area (Å²) in [6, 6.07) is 9.44. The van der Waals surface area contributed by atoms with Crippen LogP contribution in [0.2, 0.25) is 0 Å². The maximum Gasteiger partial charge on any atom is 0.166 e. The van der Waals surface area contributed by atoms with E-state index in [9.17, 15) is 13.2 Å². The van der Waals surface area contributed by atoms with Crippen molar-refractivity contribution in [3.63, 3.8) is 0 Å². The summed E-state index contributed by atoms with van der Waals surface area (Å²) in [6.07, 6.45) is 0.0875. The Morgan fingerprint density at radius 1 is 0.944 bits per heavy atom. The number of hydrogen-bond donors (Lipinski definition) is 0. The van der Waals surface area contributed by atoms with Crippen LogP contribution in [0.25, 0.3) is 11.1 Å². The molecule has 0 aliphatic heterocycles. The lowest BCUT2D eigenvalue weighted by atomic mass is 10.0. The highest BCUT2D eigenvalue weighted by molar-refractivity contribution is 5.65. The summed E-state index contributed by atoms with van der Waals surface area (Å²) in [5.41, 5.74) is 0.365. The third-order valence-electron chi connectivity index (χ3n) is 2.56. The quantitative estimate of drug-likeness (QED) is 0.791. The van der Waals surface area contributed by atoms with E-state index in [1.807, 2.05) is 6.07 Å². The molecule has 0 saturated heterocycles. The summed E-state index contributed by atoms with van der Waals surface area (Å²) in [7, 11) is 0. The van der Waals surface area contributed by atoms with Crippen LogP contribution in [-0.2, 0) is 6.42 Å². The molecule has 0 unspecified atom stereocenters. The van der Waals surface area contributed by atoms with Crippen LogP contribution in [0.1, 0.15) is 5.56 Å². The van der Waals surface area contributed by atoms with Crippen molar-refractivity contribution in [1.29, 1.82) is 5.26 Å². The zero-order valence-electron chi connectivity index (χ0n) is 9.25. The number of benzene rings is 2. The first kappa shape index (κ1) is 12.2. The minimum atomic E-state index is -1.09. The second kappa shape index (κ2) is 4.92. The topological polar surface area (TPSA) is 23.8 Å². The number of nitriles is 1. The van der Waals surface area contributed by atoms with Gasteiger partial charge in [0.25, 0.3) is 0 Å². The van der Waals surface area contributed by atoms with Gasteiger partial charge in [-0.25, -0.2) is 13.2 Å². The van der Waals surface area contributed by atoms with Gasteiger partial charge in [-0.05, 0) is 23.8 Å². The van der Waals surface area contributed by atoms with Crippen molar-refractivity contribution >= 4 is 0 Å². The van der Waals surface area contributed by atoms with Crippen molar-refractivity contribution in [2.45, 2.75) is 6.42 Å². The third kappa shape index (κ3) is 2.21. The van der Waals surface area contributed by atoms with Crippen molar-refractivity contribution in [3.8, 4) is 17.2 Å². The summed E-state index contributed by atoms with van der Waals surface area (Å²) < 4.78 is 40.3. The molecule has 0 atom stereocenters. The molecule has 0 radical (unpaired) electrons. The highest BCUT2D eigenvalue weighted by atomic mass is 19.2. The van der Waals surface area contributed by atoms with E-state index in [0.29, 0.717) is 5.56 Å². The first-order valence-corrected chi connectivity index (χ1v) is 5.23. The smallest absolute Gasteiger partial charge is 0.166 e. The number of hydrogen-bond acceptors (Lipinski definition) is 1. The number of halogens is 3. The van der Waals surface area contributed by atoms with Crippen LogP contribution in [0, 0.1) is 28.8 Å². The van der Waals surface area contributed by atoms with Crippen molar-refractivity contribution in [1.82, 2.24) is 0 Å². The van der Waals surface area contributed by atoms with Crippen LogP contribution >= 0.6 is 0 Å². The third-order valence-corrected chi connectivity index (χ3v) is 2.56. The molecule has 2 rings (SSSR count). The molecule has 0 heterocycles. The summed E-state index contributed by atoms with van der Waals surface area (Å²) in [4.78, 5) is 0. The van der Waals surface area contributed by atoms with Crippen LogP contribution in [0.15, 0.2) is 36.4 Å². The molecule has 0 spiro atoms. The zero-order valence-corrected chi connectivity index (χ0v) is 9.25. The molecule has 18 heavy (non-hydrogen) atoms. The van der Waals surface area contributed by atoms with Gasteiger partial charge < -0.3 is 0 Å². The molecule has 2 aromatic carbocycles. The van der Waals surface area contributed by atoms with Crippen LogP contribution < -0.4 is 0 Å². The monoisotopic (exact) mass is 247 g/mol. The van der Waals surface area contributed by atoms with Gasteiger partial charge in [-0.15, -0.1) is 0 Å². The summed E-state index contributed by atoms with van der Waals surface area (Å²) in [6.45, 7) is 0. The Hall–Kier alpha value is -2.28. The molecule has 0 aromatic heterocycles. The van der Waals surface area contributed by atoms with Crippen LogP contribution in [0.5, 0.6) is 0 Å². The van der Waals surface area contributed by atoms with E-state index < -0.39 is 17.5 Å². The van der Waals surface area contributed by atoms with Crippen LogP contribution in [0.4, 0.5) is 13.2 Å². The predicted octanol–water partition coefficient (Wildman–Crippen LogP) is 3.84. The van der Waals surface area contributed by atoms with Gasteiger partial charge in [-0.3, -0.25) is 0 Å². The van der Waals surface area contributed by atoms with Gasteiger partial charge in [-0.1, -0.05) is 18.2 Å². The Morgan fingerprint density at radius 2 is 1.72 bits per heavy atom. The standard InChI is InChI=1S/C14H8F3N/c15-12-5-4-9(6-7-18)8-11(12)10-2-1-3-13(16)14(10)17/h1-5,8H,6H2. The molecule has 2 aromatic rings. The molecule has 0 bridgehead atoms. The van der Waals surface area contributed by atoms with Crippen molar-refractivity contribution in [2.75, 3.05) is 0 Å². The summed E-state index contributed by atoms with van der Waals surface area (Å²) in [5.74, 6) is -2.77. The summed E-state index contributed by atoms with van der Waals surface area (Å²) in [5, 5.41) is 8.57. The maximum absolute atomic E-state index is 13.6. The second-order valence-electron chi connectivity index (χ2n) is 3.75. The molecule has 0 saturated carbocycles. The van der Waals surface area contributed by atoms with Gasteiger partial charge in [-0.2, -0.15) is 5.26 Å². The molecule has 0 aliphatic carbocycles. The zero-order chi connectivity index (χ0) is 13.1. The Balaban J connectivity index is 2.60. The first-order valence-electron chi connectivity index (χ1n) is 5.23. The fraction of sp³-hybridized carbons (Fsp3) is 0.0714. The molecule has 4 heteroatoms. The van der Waals surface area contributed by atoms with Crippen LogP contribution in [0.3, 0.4) is 0 Å². The largest absolute Gasteiger partial charge is 0.206 e. The molecular weight excluding hydrogens is 239 g/mol. The van der Waals surface area contributed by atoms with Gasteiger partial charge >= 0.3 is 0 Å². The second-order valence-corrected chi connectivity index (χ2v) is 3.75. The van der Waals surface area contributed by atoms with E-state index in [0.717, 1.165) is 12.1 Å². The van der Waals surface area contributed by atoms with E-state index in [4.69, 9.17) is 5.26 Å². The van der Waals surface area contributed by atoms with E-state index in [1.54, 1.807) is 0 Å². The Kier molecular flexibility index (Phi) is 3.33. The molecule has 0 fully saturated rings. The highest BCUT2D eigenvalue weighted by Gasteiger charge is 2.13. The normalized spacial score (nSPS) is 10.1. The van der Waals surface area contributed by atoms with Gasteiger partial charge in [0.1, 0.15) is 5.82 Å². The average Bonchev–Trinajstić information content (AvgIpc) is 2.36. The molecule has 0 N–H and O–H groups in total. The number of nitrogens with zero attached hydrogens (tertiary/aromatic N) is 1. The van der Waals surface area contributed by atoms with E-state index >= 15 is 0 Å². The Labute approximate surface area is 102 Å². The minimum Gasteiger partial charge on any atom is -0.206 e. The lowest BCUT2D eigenvalue weighted by molar-refractivity contribution is 0.510. The summed E-state index contributed by atoms with van der Waals surface area (Å²) >= 11 is 0. The van der Waals surface area contributed by atoms with Gasteiger partial charge in [0.2, 0.25) is 0 Å². The molecule has 90 valence electrons. The maximum atomic E-state index is 13.6. The van der Waals surface area contributed by atoms with Gasteiger partial charge in [0.05, 0.1) is 12.5 Å². The average molecular weight is 247 g/mol. The van der Waals surface area contributed by atoms with Crippen molar-refractivity contribution < 1.29 is 13.2 Å². The lowest BCUT2D eigenvalue weighted by Crippen LogP contribution is -1.93. The highest BCUT2D eigenvalue weighted by Crippen LogP contribution is 2.27. The van der Waals surface area contributed by atoms with E-state index in [-0.39, 0.29) is 17.5 Å². The SMILES string of the molecule is N#CCc1ccc(F)c(-c2cccc(F)c2F)c1. The van der Waals surface area contributed by atoms with E-state index in [1.165, 1.54) is 24.3 Å². The Morgan fingerprint density at radius 3 is 2.44 bits per heavy atom. The van der Waals surface area contributed by atoms with Crippen molar-refractivity contribution in [3.05, 3.63) is 59.4 Å².